The lowest BCUT2D eigenvalue weighted by Crippen LogP contribution is -1.93. The first-order valence-corrected chi connectivity index (χ1v) is 9.16. The molecule has 2 nitrogen and oxygen atoms in total. The fourth-order valence-electron chi connectivity index (χ4n) is 2.48. The van der Waals surface area contributed by atoms with Crippen LogP contribution in [0.4, 0.5) is 0 Å². The van der Waals surface area contributed by atoms with Crippen LogP contribution in [-0.4, -0.2) is 9.97 Å². The van der Waals surface area contributed by atoms with Crippen molar-refractivity contribution < 1.29 is 0 Å². The minimum Gasteiger partial charge on any atom is -0.228 e. The second kappa shape index (κ2) is 6.75. The second-order valence-corrected chi connectivity index (χ2v) is 7.27. The van der Waals surface area contributed by atoms with Gasteiger partial charge in [-0.05, 0) is 24.3 Å². The van der Waals surface area contributed by atoms with E-state index in [2.05, 4.69) is 34.1 Å². The molecule has 0 N–H and O–H groups in total. The van der Waals surface area contributed by atoms with Gasteiger partial charge in [0.1, 0.15) is 5.03 Å². The maximum Gasteiger partial charge on any atom is 0.161 e. The van der Waals surface area contributed by atoms with Crippen molar-refractivity contribution in [3.05, 3.63) is 83.3 Å². The highest BCUT2D eigenvalue weighted by atomic mass is 79.9. The van der Waals surface area contributed by atoms with Gasteiger partial charge in [0.2, 0.25) is 0 Å². The molecule has 4 aromatic rings. The molecule has 24 heavy (non-hydrogen) atoms. The SMILES string of the molecule is Brc1cccc(Sc2nc(-c3ccccc3)nc3ccccc23)c1. The van der Waals surface area contributed by atoms with Crippen molar-refractivity contribution >= 4 is 38.6 Å². The second-order valence-electron chi connectivity index (χ2n) is 5.29. The molecule has 0 atom stereocenters. The summed E-state index contributed by atoms with van der Waals surface area (Å²) >= 11 is 5.19. The minimum atomic E-state index is 0.756. The highest BCUT2D eigenvalue weighted by molar-refractivity contribution is 9.10. The summed E-state index contributed by atoms with van der Waals surface area (Å²) in [6.07, 6.45) is 0. The summed E-state index contributed by atoms with van der Waals surface area (Å²) in [4.78, 5) is 10.7. The van der Waals surface area contributed by atoms with Crippen LogP contribution in [0.25, 0.3) is 22.3 Å². The van der Waals surface area contributed by atoms with Gasteiger partial charge in [0.15, 0.2) is 5.82 Å². The fourth-order valence-corrected chi connectivity index (χ4v) is 4.00. The smallest absolute Gasteiger partial charge is 0.161 e. The van der Waals surface area contributed by atoms with Crippen molar-refractivity contribution in [1.82, 2.24) is 9.97 Å². The standard InChI is InChI=1S/C20H13BrN2S/c21-15-9-6-10-16(13-15)24-20-17-11-4-5-12-18(17)22-19(23-20)14-7-2-1-3-8-14/h1-13H. The molecule has 0 bridgehead atoms. The van der Waals surface area contributed by atoms with Crippen molar-refractivity contribution in [2.45, 2.75) is 9.92 Å². The molecule has 0 aliphatic rings. The lowest BCUT2D eigenvalue weighted by atomic mass is 10.2. The molecule has 3 aromatic carbocycles. The average molecular weight is 393 g/mol. The number of para-hydroxylation sites is 1. The van der Waals surface area contributed by atoms with E-state index in [4.69, 9.17) is 9.97 Å². The highest BCUT2D eigenvalue weighted by Crippen LogP contribution is 2.34. The molecule has 1 heterocycles. The van der Waals surface area contributed by atoms with E-state index in [1.165, 1.54) is 0 Å². The number of hydrogen-bond donors (Lipinski definition) is 0. The van der Waals surface area contributed by atoms with Crippen LogP contribution in [0.5, 0.6) is 0 Å². The molecule has 0 fully saturated rings. The van der Waals surface area contributed by atoms with Crippen LogP contribution in [-0.2, 0) is 0 Å². The van der Waals surface area contributed by atoms with E-state index in [0.717, 1.165) is 36.7 Å². The number of aromatic nitrogens is 2. The van der Waals surface area contributed by atoms with E-state index in [9.17, 15) is 0 Å². The zero-order valence-corrected chi connectivity index (χ0v) is 15.1. The molecule has 116 valence electrons. The predicted molar refractivity (Wildman–Crippen MR) is 103 cm³/mol. The molecule has 0 spiro atoms. The number of hydrogen-bond acceptors (Lipinski definition) is 3. The van der Waals surface area contributed by atoms with Gasteiger partial charge in [0.25, 0.3) is 0 Å². The lowest BCUT2D eigenvalue weighted by Gasteiger charge is -2.09. The zero-order chi connectivity index (χ0) is 16.4. The summed E-state index contributed by atoms with van der Waals surface area (Å²) in [6.45, 7) is 0. The molecule has 0 aliphatic heterocycles. The van der Waals surface area contributed by atoms with Crippen molar-refractivity contribution in [3.63, 3.8) is 0 Å². The Morgan fingerprint density at radius 3 is 2.38 bits per heavy atom. The minimum absolute atomic E-state index is 0.756. The van der Waals surface area contributed by atoms with Gasteiger partial charge in [0, 0.05) is 20.3 Å². The monoisotopic (exact) mass is 392 g/mol. The van der Waals surface area contributed by atoms with E-state index < -0.39 is 0 Å². The number of halogens is 1. The quantitative estimate of drug-likeness (QED) is 0.387. The molecule has 0 saturated heterocycles. The number of nitrogens with zero attached hydrogens (tertiary/aromatic N) is 2. The first kappa shape index (κ1) is 15.4. The Labute approximate surface area is 153 Å². The van der Waals surface area contributed by atoms with Crippen LogP contribution in [0.2, 0.25) is 0 Å². The highest BCUT2D eigenvalue weighted by Gasteiger charge is 2.10. The molecule has 0 amide bonds. The van der Waals surface area contributed by atoms with Crippen molar-refractivity contribution in [3.8, 4) is 11.4 Å². The van der Waals surface area contributed by atoms with Crippen LogP contribution in [0, 0.1) is 0 Å². The van der Waals surface area contributed by atoms with Gasteiger partial charge in [-0.25, -0.2) is 9.97 Å². The Kier molecular flexibility index (Phi) is 4.32. The number of fused-ring (bicyclic) bond motifs is 1. The Balaban J connectivity index is 1.86. The maximum absolute atomic E-state index is 4.83. The van der Waals surface area contributed by atoms with Gasteiger partial charge in [0.05, 0.1) is 5.52 Å². The van der Waals surface area contributed by atoms with Gasteiger partial charge in [-0.1, -0.05) is 82.3 Å². The topological polar surface area (TPSA) is 25.8 Å². The Bertz CT molecular complexity index is 1000. The van der Waals surface area contributed by atoms with Gasteiger partial charge >= 0.3 is 0 Å². The number of benzene rings is 3. The average Bonchev–Trinajstić information content (AvgIpc) is 2.62. The predicted octanol–water partition coefficient (Wildman–Crippen LogP) is 6.21. The summed E-state index contributed by atoms with van der Waals surface area (Å²) in [5.74, 6) is 0.756. The van der Waals surface area contributed by atoms with Crippen LogP contribution < -0.4 is 0 Å². The van der Waals surface area contributed by atoms with E-state index in [1.54, 1.807) is 11.8 Å². The van der Waals surface area contributed by atoms with Crippen molar-refractivity contribution in [2.75, 3.05) is 0 Å². The third-order valence-corrected chi connectivity index (χ3v) is 5.10. The maximum atomic E-state index is 4.83. The van der Waals surface area contributed by atoms with E-state index in [1.807, 2.05) is 60.7 Å². The molecular formula is C20H13BrN2S. The zero-order valence-electron chi connectivity index (χ0n) is 12.7. The molecule has 0 aliphatic carbocycles. The summed E-state index contributed by atoms with van der Waals surface area (Å²) in [5.41, 5.74) is 1.99. The summed E-state index contributed by atoms with van der Waals surface area (Å²) in [6, 6.07) is 26.5. The van der Waals surface area contributed by atoms with Gasteiger partial charge in [-0.3, -0.25) is 0 Å². The molecule has 4 heteroatoms. The van der Waals surface area contributed by atoms with E-state index >= 15 is 0 Å². The first-order chi connectivity index (χ1) is 11.8. The van der Waals surface area contributed by atoms with E-state index in [0.29, 0.717) is 0 Å². The number of rotatable bonds is 3. The normalized spacial score (nSPS) is 10.9. The molecule has 4 rings (SSSR count). The molecule has 1 aromatic heterocycles. The Hall–Kier alpha value is -2.17. The fraction of sp³-hybridized carbons (Fsp3) is 0. The van der Waals surface area contributed by atoms with Gasteiger partial charge < -0.3 is 0 Å². The largest absolute Gasteiger partial charge is 0.228 e. The lowest BCUT2D eigenvalue weighted by molar-refractivity contribution is 1.11. The van der Waals surface area contributed by atoms with Crippen LogP contribution in [0.3, 0.4) is 0 Å². The van der Waals surface area contributed by atoms with Crippen LogP contribution in [0.15, 0.2) is 93.3 Å². The summed E-state index contributed by atoms with van der Waals surface area (Å²) in [5, 5.41) is 2.04. The first-order valence-electron chi connectivity index (χ1n) is 7.55. The van der Waals surface area contributed by atoms with Crippen LogP contribution in [0.1, 0.15) is 0 Å². The molecular weight excluding hydrogens is 380 g/mol. The third kappa shape index (κ3) is 3.21. The third-order valence-electron chi connectivity index (χ3n) is 3.61. The van der Waals surface area contributed by atoms with Crippen molar-refractivity contribution in [2.24, 2.45) is 0 Å². The van der Waals surface area contributed by atoms with Gasteiger partial charge in [-0.2, -0.15) is 0 Å². The summed E-state index contributed by atoms with van der Waals surface area (Å²) < 4.78 is 1.06. The molecule has 0 radical (unpaired) electrons. The van der Waals surface area contributed by atoms with Crippen molar-refractivity contribution in [1.29, 1.82) is 0 Å². The molecule has 0 saturated carbocycles. The summed E-state index contributed by atoms with van der Waals surface area (Å²) in [7, 11) is 0. The van der Waals surface area contributed by atoms with Crippen LogP contribution >= 0.6 is 27.7 Å². The Morgan fingerprint density at radius 1 is 0.750 bits per heavy atom. The Morgan fingerprint density at radius 2 is 1.54 bits per heavy atom. The van der Waals surface area contributed by atoms with Gasteiger partial charge in [-0.15, -0.1) is 0 Å². The van der Waals surface area contributed by atoms with E-state index in [-0.39, 0.29) is 0 Å². The molecule has 0 unspecified atom stereocenters.